The number of hydrogen-bond donors (Lipinski definition) is 1. The van der Waals surface area contributed by atoms with E-state index in [2.05, 4.69) is 39.2 Å². The molecule has 0 saturated heterocycles. The Labute approximate surface area is 122 Å². The summed E-state index contributed by atoms with van der Waals surface area (Å²) >= 11 is 5.10. The van der Waals surface area contributed by atoms with E-state index in [9.17, 15) is 4.21 Å². The van der Waals surface area contributed by atoms with Gasteiger partial charge in [-0.05, 0) is 31.5 Å². The Hall–Kier alpha value is -0.460. The average Bonchev–Trinajstić information content (AvgIpc) is 2.67. The van der Waals surface area contributed by atoms with Crippen molar-refractivity contribution in [2.45, 2.75) is 19.4 Å². The lowest BCUT2D eigenvalue weighted by Crippen LogP contribution is -2.17. The molecule has 0 aliphatic carbocycles. The molecule has 0 radical (unpaired) electrons. The molecule has 0 spiro atoms. The third-order valence-corrected chi connectivity index (χ3v) is 4.81. The van der Waals surface area contributed by atoms with Gasteiger partial charge in [-0.25, -0.2) is 4.98 Å². The predicted octanol–water partition coefficient (Wildman–Crippen LogP) is 3.63. The van der Waals surface area contributed by atoms with Crippen LogP contribution in [0.2, 0.25) is 0 Å². The molecule has 2 rings (SSSR count). The average molecular weight is 347 g/mol. The summed E-state index contributed by atoms with van der Waals surface area (Å²) in [5, 5.41) is 4.29. The van der Waals surface area contributed by atoms with Crippen molar-refractivity contribution in [2.24, 2.45) is 0 Å². The van der Waals surface area contributed by atoms with Crippen LogP contribution in [-0.4, -0.2) is 27.2 Å². The van der Waals surface area contributed by atoms with Gasteiger partial charge in [0, 0.05) is 33.3 Å². The number of anilines is 1. The number of fused-ring (bicyclic) bond motifs is 1. The minimum atomic E-state index is -0.725. The Kier molecular flexibility index (Phi) is 4.75. The van der Waals surface area contributed by atoms with Crippen LogP contribution in [0.3, 0.4) is 0 Å². The van der Waals surface area contributed by atoms with E-state index < -0.39 is 10.8 Å². The Morgan fingerprint density at radius 1 is 1.56 bits per heavy atom. The fraction of sp³-hybridized carbons (Fsp3) is 0.417. The van der Waals surface area contributed by atoms with Crippen LogP contribution in [0.15, 0.2) is 22.7 Å². The summed E-state index contributed by atoms with van der Waals surface area (Å²) in [6.45, 7) is 2.09. The molecule has 0 saturated carbocycles. The van der Waals surface area contributed by atoms with Crippen molar-refractivity contribution in [3.8, 4) is 0 Å². The van der Waals surface area contributed by atoms with Gasteiger partial charge in [0.25, 0.3) is 0 Å². The highest BCUT2D eigenvalue weighted by atomic mass is 79.9. The highest BCUT2D eigenvalue weighted by Gasteiger charge is 2.08. The maximum atomic E-state index is 11.0. The van der Waals surface area contributed by atoms with Gasteiger partial charge in [-0.2, -0.15) is 0 Å². The zero-order chi connectivity index (χ0) is 13.1. The molecule has 1 heterocycles. The third kappa shape index (κ3) is 3.76. The lowest BCUT2D eigenvalue weighted by molar-refractivity contribution is 0.678. The number of thiazole rings is 1. The highest BCUT2D eigenvalue weighted by molar-refractivity contribution is 9.10. The van der Waals surface area contributed by atoms with Crippen molar-refractivity contribution < 1.29 is 4.21 Å². The number of nitrogens with zero attached hydrogens (tertiary/aromatic N) is 1. The third-order valence-electron chi connectivity index (χ3n) is 2.56. The predicted molar refractivity (Wildman–Crippen MR) is 84.0 cm³/mol. The normalized spacial score (nSPS) is 14.6. The van der Waals surface area contributed by atoms with Crippen LogP contribution in [0, 0.1) is 0 Å². The first-order valence-corrected chi connectivity index (χ1v) is 9.01. The molecule has 98 valence electrons. The molecular formula is C12H15BrN2OS2. The van der Waals surface area contributed by atoms with Gasteiger partial charge >= 0.3 is 0 Å². The Bertz CT molecular complexity index is 570. The molecule has 2 unspecified atom stereocenters. The van der Waals surface area contributed by atoms with Crippen molar-refractivity contribution in [3.05, 3.63) is 22.7 Å². The summed E-state index contributed by atoms with van der Waals surface area (Å²) in [6.07, 6.45) is 2.63. The summed E-state index contributed by atoms with van der Waals surface area (Å²) in [7, 11) is -0.725. The second-order valence-corrected chi connectivity index (χ2v) is 7.74. The number of aromatic nitrogens is 1. The number of rotatable bonds is 5. The van der Waals surface area contributed by atoms with Gasteiger partial charge in [-0.3, -0.25) is 4.21 Å². The van der Waals surface area contributed by atoms with Crippen LogP contribution in [0.4, 0.5) is 5.13 Å². The first kappa shape index (κ1) is 14.0. The quantitative estimate of drug-likeness (QED) is 0.898. The summed E-state index contributed by atoms with van der Waals surface area (Å²) in [4.78, 5) is 4.53. The van der Waals surface area contributed by atoms with Gasteiger partial charge < -0.3 is 5.32 Å². The zero-order valence-corrected chi connectivity index (χ0v) is 13.5. The first-order valence-electron chi connectivity index (χ1n) is 5.67. The van der Waals surface area contributed by atoms with E-state index in [1.807, 2.05) is 12.1 Å². The molecule has 0 bridgehead atoms. The molecule has 1 aromatic heterocycles. The second kappa shape index (κ2) is 6.12. The number of halogens is 1. The van der Waals surface area contributed by atoms with Gasteiger partial charge in [-0.15, -0.1) is 0 Å². The van der Waals surface area contributed by atoms with Crippen molar-refractivity contribution >= 4 is 53.4 Å². The largest absolute Gasteiger partial charge is 0.359 e. The minimum absolute atomic E-state index is 0.290. The Balaban J connectivity index is 2.05. The monoisotopic (exact) mass is 346 g/mol. The van der Waals surface area contributed by atoms with Gasteiger partial charge in [0.1, 0.15) is 0 Å². The number of hydrogen-bond acceptors (Lipinski definition) is 4. The number of benzene rings is 1. The fourth-order valence-electron chi connectivity index (χ4n) is 1.59. The molecule has 1 N–H and O–H groups in total. The molecule has 0 aliphatic heterocycles. The summed E-state index contributed by atoms with van der Waals surface area (Å²) in [6, 6.07) is 6.37. The van der Waals surface area contributed by atoms with Crippen LogP contribution in [0.5, 0.6) is 0 Å². The minimum Gasteiger partial charge on any atom is -0.359 e. The van der Waals surface area contributed by atoms with Gasteiger partial charge in [0.05, 0.1) is 10.2 Å². The van der Waals surface area contributed by atoms with Gasteiger partial charge in [-0.1, -0.05) is 27.3 Å². The topological polar surface area (TPSA) is 42.0 Å². The summed E-state index contributed by atoms with van der Waals surface area (Å²) in [5.74, 6) is 0.727. The van der Waals surface area contributed by atoms with Crippen molar-refractivity contribution in [1.82, 2.24) is 4.98 Å². The van der Waals surface area contributed by atoms with Crippen LogP contribution < -0.4 is 5.32 Å². The lowest BCUT2D eigenvalue weighted by Gasteiger charge is -2.11. The standard InChI is InChI=1S/C12H15BrN2OS2/c1-8(5-6-18(2)16)14-12-15-10-4-3-9(13)7-11(10)17-12/h3-4,7-8H,5-6H2,1-2H3,(H,14,15). The summed E-state index contributed by atoms with van der Waals surface area (Å²) in [5.41, 5.74) is 1.01. The SMILES string of the molecule is CC(CCS(C)=O)Nc1nc2ccc(Br)cc2s1. The Morgan fingerprint density at radius 2 is 2.33 bits per heavy atom. The van der Waals surface area contributed by atoms with E-state index in [1.54, 1.807) is 17.6 Å². The summed E-state index contributed by atoms with van der Waals surface area (Å²) < 4.78 is 13.3. The molecule has 3 nitrogen and oxygen atoms in total. The van der Waals surface area contributed by atoms with Crippen LogP contribution in [0.25, 0.3) is 10.2 Å². The maximum Gasteiger partial charge on any atom is 0.183 e. The molecule has 0 amide bonds. The molecular weight excluding hydrogens is 332 g/mol. The van der Waals surface area contributed by atoms with Gasteiger partial charge in [0.2, 0.25) is 0 Å². The lowest BCUT2D eigenvalue weighted by atomic mass is 10.3. The van der Waals surface area contributed by atoms with E-state index >= 15 is 0 Å². The Morgan fingerprint density at radius 3 is 3.06 bits per heavy atom. The molecule has 18 heavy (non-hydrogen) atoms. The van der Waals surface area contributed by atoms with E-state index in [4.69, 9.17) is 0 Å². The van der Waals surface area contributed by atoms with Crippen LogP contribution in [0.1, 0.15) is 13.3 Å². The molecule has 6 heteroatoms. The van der Waals surface area contributed by atoms with Gasteiger partial charge in [0.15, 0.2) is 5.13 Å². The molecule has 1 aromatic carbocycles. The van der Waals surface area contributed by atoms with E-state index in [0.29, 0.717) is 0 Å². The first-order chi connectivity index (χ1) is 8.54. The molecule has 0 fully saturated rings. The van der Waals surface area contributed by atoms with E-state index in [-0.39, 0.29) is 6.04 Å². The molecule has 2 atom stereocenters. The van der Waals surface area contributed by atoms with Crippen molar-refractivity contribution in [3.63, 3.8) is 0 Å². The maximum absolute atomic E-state index is 11.0. The molecule has 2 aromatic rings. The van der Waals surface area contributed by atoms with E-state index in [0.717, 1.165) is 32.0 Å². The zero-order valence-electron chi connectivity index (χ0n) is 10.3. The van der Waals surface area contributed by atoms with Crippen LogP contribution in [-0.2, 0) is 10.8 Å². The van der Waals surface area contributed by atoms with Crippen LogP contribution >= 0.6 is 27.3 Å². The second-order valence-electron chi connectivity index (χ2n) is 4.24. The number of nitrogens with one attached hydrogen (secondary N) is 1. The smallest absolute Gasteiger partial charge is 0.183 e. The van der Waals surface area contributed by atoms with Crippen molar-refractivity contribution in [2.75, 3.05) is 17.3 Å². The van der Waals surface area contributed by atoms with Crippen molar-refractivity contribution in [1.29, 1.82) is 0 Å². The highest BCUT2D eigenvalue weighted by Crippen LogP contribution is 2.28. The molecule has 0 aliphatic rings. The van der Waals surface area contributed by atoms with E-state index in [1.165, 1.54) is 0 Å². The fourth-order valence-corrected chi connectivity index (χ4v) is 3.80.